The van der Waals surface area contributed by atoms with Gasteiger partial charge in [0.05, 0.1) is 5.52 Å². The fraction of sp³-hybridized carbons (Fsp3) is 0.429. The summed E-state index contributed by atoms with van der Waals surface area (Å²) in [7, 11) is 1.65. The summed E-state index contributed by atoms with van der Waals surface area (Å²) in [5.41, 5.74) is 1.80. The molecule has 18 heavy (non-hydrogen) atoms. The summed E-state index contributed by atoms with van der Waals surface area (Å²) in [6.45, 7) is 4.01. The molecule has 0 saturated heterocycles. The Hall–Kier alpha value is -1.84. The van der Waals surface area contributed by atoms with E-state index in [1.807, 2.05) is 13.8 Å². The number of carbonyl (C=O) groups excluding carboxylic acids is 1. The van der Waals surface area contributed by atoms with Crippen molar-refractivity contribution in [3.8, 4) is 0 Å². The molecule has 0 bridgehead atoms. The lowest BCUT2D eigenvalue weighted by atomic mass is 9.93. The number of oxazole rings is 1. The number of fused-ring (bicyclic) bond motifs is 1. The van der Waals surface area contributed by atoms with Crippen LogP contribution in [0.15, 0.2) is 27.4 Å². The van der Waals surface area contributed by atoms with Crippen LogP contribution >= 0.6 is 0 Å². The Bertz CT molecular complexity index is 632. The second-order valence-corrected chi connectivity index (χ2v) is 4.49. The Kier molecular flexibility index (Phi) is 3.36. The number of aryl methyl sites for hydroxylation is 1. The van der Waals surface area contributed by atoms with Gasteiger partial charge >= 0.3 is 5.76 Å². The van der Waals surface area contributed by atoms with E-state index in [0.29, 0.717) is 16.7 Å². The zero-order chi connectivity index (χ0) is 13.3. The number of Topliss-reactive ketones (excluding diaryl/α,β-unsaturated/α-hetero) is 1. The van der Waals surface area contributed by atoms with E-state index in [2.05, 4.69) is 0 Å². The quantitative estimate of drug-likeness (QED) is 0.780. The first-order valence-corrected chi connectivity index (χ1v) is 6.22. The van der Waals surface area contributed by atoms with Gasteiger partial charge in [0.2, 0.25) is 0 Å². The van der Waals surface area contributed by atoms with Gasteiger partial charge in [-0.2, -0.15) is 0 Å². The third kappa shape index (κ3) is 1.98. The first kappa shape index (κ1) is 12.6. The topological polar surface area (TPSA) is 52.2 Å². The van der Waals surface area contributed by atoms with Crippen LogP contribution in [-0.4, -0.2) is 10.4 Å². The smallest absolute Gasteiger partial charge is 0.408 e. The van der Waals surface area contributed by atoms with E-state index in [-0.39, 0.29) is 11.7 Å². The third-order valence-electron chi connectivity index (χ3n) is 3.43. The average molecular weight is 247 g/mol. The highest BCUT2D eigenvalue weighted by Crippen LogP contribution is 2.20. The van der Waals surface area contributed by atoms with E-state index in [4.69, 9.17) is 4.42 Å². The molecule has 96 valence electrons. The molecule has 4 nitrogen and oxygen atoms in total. The first-order chi connectivity index (χ1) is 8.58. The lowest BCUT2D eigenvalue weighted by Crippen LogP contribution is -2.12. The minimum atomic E-state index is -0.405. The Labute approximate surface area is 105 Å². The summed E-state index contributed by atoms with van der Waals surface area (Å²) >= 11 is 0. The van der Waals surface area contributed by atoms with E-state index in [1.165, 1.54) is 4.57 Å². The van der Waals surface area contributed by atoms with Crippen LogP contribution in [0.2, 0.25) is 0 Å². The molecule has 0 saturated carbocycles. The summed E-state index contributed by atoms with van der Waals surface area (Å²) in [6.07, 6.45) is 1.65. The van der Waals surface area contributed by atoms with Crippen molar-refractivity contribution < 1.29 is 9.21 Å². The fourth-order valence-corrected chi connectivity index (χ4v) is 2.18. The second-order valence-electron chi connectivity index (χ2n) is 4.49. The summed E-state index contributed by atoms with van der Waals surface area (Å²) in [6, 6.07) is 5.19. The Balaban J connectivity index is 2.47. The van der Waals surface area contributed by atoms with Crippen LogP contribution in [0.5, 0.6) is 0 Å². The molecule has 1 aromatic carbocycles. The first-order valence-electron chi connectivity index (χ1n) is 6.22. The highest BCUT2D eigenvalue weighted by Gasteiger charge is 2.17. The van der Waals surface area contributed by atoms with Gasteiger partial charge in [-0.25, -0.2) is 4.79 Å². The maximum absolute atomic E-state index is 12.2. The molecule has 0 amide bonds. The van der Waals surface area contributed by atoms with Crippen molar-refractivity contribution in [3.63, 3.8) is 0 Å². The predicted molar refractivity (Wildman–Crippen MR) is 69.9 cm³/mol. The van der Waals surface area contributed by atoms with Crippen LogP contribution in [-0.2, 0) is 7.05 Å². The number of rotatable bonds is 4. The van der Waals surface area contributed by atoms with Crippen molar-refractivity contribution in [1.29, 1.82) is 0 Å². The van der Waals surface area contributed by atoms with Gasteiger partial charge in [-0.1, -0.05) is 13.8 Å². The summed E-state index contributed by atoms with van der Waals surface area (Å²) in [5.74, 6) is -0.247. The SMILES string of the molecule is CCC(CC)C(=O)c1ccc2c(c1)oc(=O)n2C. The van der Waals surface area contributed by atoms with Gasteiger partial charge in [0.25, 0.3) is 0 Å². The van der Waals surface area contributed by atoms with Gasteiger partial charge in [-0.3, -0.25) is 9.36 Å². The average Bonchev–Trinajstić information content (AvgIpc) is 2.66. The normalized spacial score (nSPS) is 11.3. The van der Waals surface area contributed by atoms with Gasteiger partial charge in [0.15, 0.2) is 11.4 Å². The standard InChI is InChI=1S/C14H17NO3/c1-4-9(5-2)13(16)10-6-7-11-12(8-10)18-14(17)15(11)3/h6-9H,4-5H2,1-3H3. The maximum atomic E-state index is 12.2. The Morgan fingerprint density at radius 2 is 2.00 bits per heavy atom. The highest BCUT2D eigenvalue weighted by molar-refractivity contribution is 6.00. The van der Waals surface area contributed by atoms with Crippen LogP contribution in [0.25, 0.3) is 11.1 Å². The van der Waals surface area contributed by atoms with Crippen LogP contribution in [0.3, 0.4) is 0 Å². The van der Waals surface area contributed by atoms with Crippen molar-refractivity contribution in [2.75, 3.05) is 0 Å². The number of ketones is 1. The lowest BCUT2D eigenvalue weighted by Gasteiger charge is -2.10. The van der Waals surface area contributed by atoms with Crippen LogP contribution < -0.4 is 5.76 Å². The van der Waals surface area contributed by atoms with Crippen molar-refractivity contribution in [2.45, 2.75) is 26.7 Å². The number of aromatic nitrogens is 1. The van der Waals surface area contributed by atoms with Crippen molar-refractivity contribution in [2.24, 2.45) is 13.0 Å². The van der Waals surface area contributed by atoms with Crippen molar-refractivity contribution >= 4 is 16.9 Å². The largest absolute Gasteiger partial charge is 0.419 e. The molecule has 0 unspecified atom stereocenters. The molecule has 0 atom stereocenters. The monoisotopic (exact) mass is 247 g/mol. The number of hydrogen-bond acceptors (Lipinski definition) is 3. The third-order valence-corrected chi connectivity index (χ3v) is 3.43. The van der Waals surface area contributed by atoms with Crippen LogP contribution in [0.1, 0.15) is 37.0 Å². The molecule has 0 aliphatic rings. The Morgan fingerprint density at radius 3 is 2.61 bits per heavy atom. The molecule has 0 N–H and O–H groups in total. The van der Waals surface area contributed by atoms with Gasteiger partial charge < -0.3 is 4.42 Å². The fourth-order valence-electron chi connectivity index (χ4n) is 2.18. The summed E-state index contributed by atoms with van der Waals surface area (Å²) < 4.78 is 6.52. The molecule has 0 radical (unpaired) electrons. The van der Waals surface area contributed by atoms with E-state index in [9.17, 15) is 9.59 Å². The molecule has 2 rings (SSSR count). The van der Waals surface area contributed by atoms with E-state index < -0.39 is 5.76 Å². The van der Waals surface area contributed by atoms with Crippen molar-refractivity contribution in [1.82, 2.24) is 4.57 Å². The molecule has 1 heterocycles. The number of nitrogens with zero attached hydrogens (tertiary/aromatic N) is 1. The summed E-state index contributed by atoms with van der Waals surface area (Å²) in [4.78, 5) is 23.6. The zero-order valence-electron chi connectivity index (χ0n) is 10.9. The number of hydrogen-bond donors (Lipinski definition) is 0. The maximum Gasteiger partial charge on any atom is 0.419 e. The van der Waals surface area contributed by atoms with E-state index in [1.54, 1.807) is 25.2 Å². The molecular weight excluding hydrogens is 230 g/mol. The van der Waals surface area contributed by atoms with Crippen LogP contribution in [0.4, 0.5) is 0 Å². The van der Waals surface area contributed by atoms with E-state index in [0.717, 1.165) is 12.8 Å². The van der Waals surface area contributed by atoms with Crippen molar-refractivity contribution in [3.05, 3.63) is 34.3 Å². The van der Waals surface area contributed by atoms with Gasteiger partial charge in [0, 0.05) is 18.5 Å². The van der Waals surface area contributed by atoms with Gasteiger partial charge in [-0.15, -0.1) is 0 Å². The molecule has 0 aliphatic carbocycles. The minimum Gasteiger partial charge on any atom is -0.408 e. The molecular formula is C14H17NO3. The molecule has 4 heteroatoms. The molecule has 2 aromatic rings. The van der Waals surface area contributed by atoms with Gasteiger partial charge in [-0.05, 0) is 31.0 Å². The Morgan fingerprint density at radius 1 is 1.33 bits per heavy atom. The van der Waals surface area contributed by atoms with Crippen LogP contribution in [0, 0.1) is 5.92 Å². The second kappa shape index (κ2) is 4.80. The van der Waals surface area contributed by atoms with Gasteiger partial charge in [0.1, 0.15) is 0 Å². The molecule has 1 aromatic heterocycles. The number of carbonyl (C=O) groups is 1. The number of benzene rings is 1. The highest BCUT2D eigenvalue weighted by atomic mass is 16.4. The predicted octanol–water partition coefficient (Wildman–Crippen LogP) is 2.75. The van der Waals surface area contributed by atoms with E-state index >= 15 is 0 Å². The minimum absolute atomic E-state index is 0.0397. The summed E-state index contributed by atoms with van der Waals surface area (Å²) in [5, 5.41) is 0. The molecule has 0 spiro atoms. The molecule has 0 fully saturated rings. The lowest BCUT2D eigenvalue weighted by molar-refractivity contribution is 0.0913. The molecule has 0 aliphatic heterocycles. The zero-order valence-corrected chi connectivity index (χ0v) is 10.9.